The summed E-state index contributed by atoms with van der Waals surface area (Å²) in [6.07, 6.45) is -0.175. The minimum Gasteiger partial charge on any atom is -0.456 e. The fraction of sp³-hybridized carbons (Fsp3) is 0.286. The van der Waals surface area contributed by atoms with Crippen LogP contribution in [0.4, 0.5) is 11.4 Å². The van der Waals surface area contributed by atoms with Gasteiger partial charge in [0.2, 0.25) is 5.91 Å². The topological polar surface area (TPSA) is 84.5 Å². The number of hydrogen-bond donors (Lipinski definition) is 2. The van der Waals surface area contributed by atoms with Gasteiger partial charge < -0.3 is 15.4 Å². The predicted molar refractivity (Wildman–Crippen MR) is 110 cm³/mol. The first-order valence-electron chi connectivity index (χ1n) is 8.83. The van der Waals surface area contributed by atoms with E-state index in [9.17, 15) is 14.4 Å². The predicted octanol–water partition coefficient (Wildman–Crippen LogP) is 4.17. The van der Waals surface area contributed by atoms with Crippen molar-refractivity contribution in [3.05, 3.63) is 58.1 Å². The SMILES string of the molecule is Cc1ccc(NC(=O)COC(=O)CCC(=O)Nc2ccc(C)c(Cl)c2)c(C)c1. The minimum atomic E-state index is -0.618. The van der Waals surface area contributed by atoms with Crippen LogP contribution in [0.25, 0.3) is 0 Å². The Bertz CT molecular complexity index is 896. The van der Waals surface area contributed by atoms with Crippen molar-refractivity contribution in [2.24, 2.45) is 0 Å². The Balaban J connectivity index is 1.72. The van der Waals surface area contributed by atoms with Crippen LogP contribution in [0.2, 0.25) is 5.02 Å². The standard InChI is InChI=1S/C21H23ClN2O4/c1-13-4-7-18(15(3)10-13)24-20(26)12-28-21(27)9-8-19(25)23-16-6-5-14(2)17(22)11-16/h4-7,10-11H,8-9,12H2,1-3H3,(H,23,25)(H,24,26). The molecule has 2 N–H and O–H groups in total. The number of aryl methyl sites for hydroxylation is 3. The first-order chi connectivity index (χ1) is 13.2. The Morgan fingerprint density at radius 1 is 0.893 bits per heavy atom. The fourth-order valence-electron chi connectivity index (χ4n) is 2.47. The maximum atomic E-state index is 11.9. The van der Waals surface area contributed by atoms with Crippen LogP contribution < -0.4 is 10.6 Å². The van der Waals surface area contributed by atoms with E-state index in [2.05, 4.69) is 10.6 Å². The van der Waals surface area contributed by atoms with Crippen molar-refractivity contribution in [3.8, 4) is 0 Å². The van der Waals surface area contributed by atoms with Crippen LogP contribution in [-0.4, -0.2) is 24.4 Å². The number of hydrogen-bond acceptors (Lipinski definition) is 4. The molecule has 0 bridgehead atoms. The Kier molecular flexibility index (Phi) is 7.58. The highest BCUT2D eigenvalue weighted by Gasteiger charge is 2.12. The van der Waals surface area contributed by atoms with Gasteiger partial charge >= 0.3 is 5.97 Å². The van der Waals surface area contributed by atoms with Crippen molar-refractivity contribution in [3.63, 3.8) is 0 Å². The summed E-state index contributed by atoms with van der Waals surface area (Å²) in [5.41, 5.74) is 4.15. The van der Waals surface area contributed by atoms with Gasteiger partial charge in [-0.15, -0.1) is 0 Å². The molecule has 0 saturated carbocycles. The van der Waals surface area contributed by atoms with Gasteiger partial charge in [0.25, 0.3) is 5.91 Å². The second-order valence-electron chi connectivity index (χ2n) is 6.54. The van der Waals surface area contributed by atoms with E-state index in [-0.39, 0.29) is 18.7 Å². The van der Waals surface area contributed by atoms with Crippen LogP contribution in [-0.2, 0) is 19.1 Å². The highest BCUT2D eigenvalue weighted by molar-refractivity contribution is 6.31. The molecule has 0 unspecified atom stereocenters. The maximum absolute atomic E-state index is 11.9. The molecule has 0 spiro atoms. The van der Waals surface area contributed by atoms with Gasteiger partial charge in [-0.2, -0.15) is 0 Å². The number of carbonyl (C=O) groups is 3. The number of carbonyl (C=O) groups excluding carboxylic acids is 3. The number of ether oxygens (including phenoxy) is 1. The smallest absolute Gasteiger partial charge is 0.306 e. The normalized spacial score (nSPS) is 10.3. The van der Waals surface area contributed by atoms with Gasteiger partial charge in [0.05, 0.1) is 6.42 Å². The summed E-state index contributed by atoms with van der Waals surface area (Å²) in [6.45, 7) is 5.31. The zero-order valence-corrected chi connectivity index (χ0v) is 16.9. The van der Waals surface area contributed by atoms with E-state index < -0.39 is 18.5 Å². The number of nitrogens with one attached hydrogen (secondary N) is 2. The average molecular weight is 403 g/mol. The molecule has 7 heteroatoms. The molecule has 0 radical (unpaired) electrons. The van der Waals surface area contributed by atoms with Gasteiger partial charge in [0.15, 0.2) is 6.61 Å². The summed E-state index contributed by atoms with van der Waals surface area (Å²) >= 11 is 6.01. The zero-order chi connectivity index (χ0) is 20.7. The van der Waals surface area contributed by atoms with E-state index >= 15 is 0 Å². The summed E-state index contributed by atoms with van der Waals surface area (Å²) in [6, 6.07) is 10.8. The molecule has 2 aromatic carbocycles. The Labute approximate surface area is 169 Å². The third-order valence-electron chi connectivity index (χ3n) is 4.03. The lowest BCUT2D eigenvalue weighted by molar-refractivity contribution is -0.147. The lowest BCUT2D eigenvalue weighted by atomic mass is 10.1. The number of anilines is 2. The molecule has 148 valence electrons. The molecule has 0 fully saturated rings. The van der Waals surface area contributed by atoms with E-state index in [0.29, 0.717) is 16.4 Å². The molecular weight excluding hydrogens is 380 g/mol. The molecule has 0 aliphatic heterocycles. The van der Waals surface area contributed by atoms with Crippen molar-refractivity contribution in [2.45, 2.75) is 33.6 Å². The molecule has 28 heavy (non-hydrogen) atoms. The molecule has 6 nitrogen and oxygen atoms in total. The Morgan fingerprint density at radius 2 is 1.64 bits per heavy atom. The van der Waals surface area contributed by atoms with Gasteiger partial charge in [-0.3, -0.25) is 14.4 Å². The van der Waals surface area contributed by atoms with Crippen LogP contribution >= 0.6 is 11.6 Å². The number of halogens is 1. The monoisotopic (exact) mass is 402 g/mol. The van der Waals surface area contributed by atoms with E-state index in [4.69, 9.17) is 16.3 Å². The quantitative estimate of drug-likeness (QED) is 0.681. The Morgan fingerprint density at radius 3 is 2.32 bits per heavy atom. The lowest BCUT2D eigenvalue weighted by Crippen LogP contribution is -2.22. The molecule has 2 amide bonds. The van der Waals surface area contributed by atoms with Gasteiger partial charge in [0, 0.05) is 22.8 Å². The van der Waals surface area contributed by atoms with Crippen molar-refractivity contribution in [2.75, 3.05) is 17.2 Å². The van der Waals surface area contributed by atoms with Crippen LogP contribution in [0.1, 0.15) is 29.5 Å². The maximum Gasteiger partial charge on any atom is 0.306 e. The average Bonchev–Trinajstić information content (AvgIpc) is 2.63. The Hall–Kier alpha value is -2.86. The van der Waals surface area contributed by atoms with Crippen LogP contribution in [0, 0.1) is 20.8 Å². The van der Waals surface area contributed by atoms with Crippen LogP contribution in [0.3, 0.4) is 0 Å². The molecule has 2 aromatic rings. The molecule has 2 rings (SSSR count). The van der Waals surface area contributed by atoms with Gasteiger partial charge in [-0.05, 0) is 50.1 Å². The van der Waals surface area contributed by atoms with Gasteiger partial charge in [-0.1, -0.05) is 35.4 Å². The molecular formula is C21H23ClN2O4. The molecule has 0 aliphatic rings. The number of esters is 1. The number of rotatable bonds is 7. The summed E-state index contributed by atoms with van der Waals surface area (Å²) < 4.78 is 4.92. The van der Waals surface area contributed by atoms with Crippen molar-refractivity contribution in [1.29, 1.82) is 0 Å². The summed E-state index contributed by atoms with van der Waals surface area (Å²) in [4.78, 5) is 35.6. The van der Waals surface area contributed by atoms with Crippen molar-refractivity contribution in [1.82, 2.24) is 0 Å². The summed E-state index contributed by atoms with van der Waals surface area (Å²) in [5.74, 6) is -1.39. The molecule has 0 heterocycles. The molecule has 0 saturated heterocycles. The van der Waals surface area contributed by atoms with Gasteiger partial charge in [0.1, 0.15) is 0 Å². The van der Waals surface area contributed by atoms with Crippen LogP contribution in [0.5, 0.6) is 0 Å². The van der Waals surface area contributed by atoms with Crippen LogP contribution in [0.15, 0.2) is 36.4 Å². The van der Waals surface area contributed by atoms with Gasteiger partial charge in [-0.25, -0.2) is 0 Å². The highest BCUT2D eigenvalue weighted by Crippen LogP contribution is 2.20. The third kappa shape index (κ3) is 6.70. The first kappa shape index (κ1) is 21.4. The molecule has 0 aromatic heterocycles. The summed E-state index contributed by atoms with van der Waals surface area (Å²) in [7, 11) is 0. The first-order valence-corrected chi connectivity index (χ1v) is 9.21. The van der Waals surface area contributed by atoms with E-state index in [1.807, 2.05) is 32.9 Å². The third-order valence-corrected chi connectivity index (χ3v) is 4.44. The fourth-order valence-corrected chi connectivity index (χ4v) is 2.65. The number of benzene rings is 2. The van der Waals surface area contributed by atoms with E-state index in [1.54, 1.807) is 24.3 Å². The largest absolute Gasteiger partial charge is 0.456 e. The molecule has 0 aliphatic carbocycles. The second kappa shape index (κ2) is 9.90. The minimum absolute atomic E-state index is 0.0526. The molecule has 0 atom stereocenters. The summed E-state index contributed by atoms with van der Waals surface area (Å²) in [5, 5.41) is 5.90. The highest BCUT2D eigenvalue weighted by atomic mass is 35.5. The van der Waals surface area contributed by atoms with E-state index in [0.717, 1.165) is 16.7 Å². The number of amides is 2. The van der Waals surface area contributed by atoms with E-state index in [1.165, 1.54) is 0 Å². The second-order valence-corrected chi connectivity index (χ2v) is 6.95. The zero-order valence-electron chi connectivity index (χ0n) is 16.1. The lowest BCUT2D eigenvalue weighted by Gasteiger charge is -2.10. The van der Waals surface area contributed by atoms with Crippen molar-refractivity contribution >= 4 is 40.8 Å². The van der Waals surface area contributed by atoms with Crippen molar-refractivity contribution < 1.29 is 19.1 Å².